The SMILES string of the molecule is CCC1CCC(N(C)Cc2c(C(=O)O)cnn2C)CC1. The summed E-state index contributed by atoms with van der Waals surface area (Å²) in [5, 5.41) is 13.3. The molecule has 0 unspecified atom stereocenters. The van der Waals surface area contributed by atoms with E-state index in [4.69, 9.17) is 0 Å². The lowest BCUT2D eigenvalue weighted by atomic mass is 9.84. The van der Waals surface area contributed by atoms with Gasteiger partial charge in [0, 0.05) is 19.6 Å². The van der Waals surface area contributed by atoms with E-state index in [2.05, 4.69) is 24.0 Å². The Labute approximate surface area is 120 Å². The highest BCUT2D eigenvalue weighted by Crippen LogP contribution is 2.29. The van der Waals surface area contributed by atoms with Crippen LogP contribution in [0.4, 0.5) is 0 Å². The number of nitrogens with zero attached hydrogens (tertiary/aromatic N) is 3. The van der Waals surface area contributed by atoms with Crippen LogP contribution in [0.1, 0.15) is 55.1 Å². The van der Waals surface area contributed by atoms with Gasteiger partial charge in [-0.25, -0.2) is 4.79 Å². The molecule has 5 nitrogen and oxygen atoms in total. The zero-order valence-corrected chi connectivity index (χ0v) is 12.7. The molecule has 0 spiro atoms. The molecule has 0 amide bonds. The first kappa shape index (κ1) is 15.0. The molecule has 112 valence electrons. The van der Waals surface area contributed by atoms with Crippen molar-refractivity contribution in [2.24, 2.45) is 13.0 Å². The van der Waals surface area contributed by atoms with Crippen LogP contribution in [0.3, 0.4) is 0 Å². The highest BCUT2D eigenvalue weighted by Gasteiger charge is 2.25. The molecule has 5 heteroatoms. The molecule has 1 heterocycles. The number of aromatic carboxylic acids is 1. The smallest absolute Gasteiger partial charge is 0.339 e. The van der Waals surface area contributed by atoms with E-state index >= 15 is 0 Å². The summed E-state index contributed by atoms with van der Waals surface area (Å²) >= 11 is 0. The van der Waals surface area contributed by atoms with E-state index in [1.807, 2.05) is 7.05 Å². The summed E-state index contributed by atoms with van der Waals surface area (Å²) < 4.78 is 1.68. The number of carboxylic acids is 1. The monoisotopic (exact) mass is 279 g/mol. The second-order valence-electron chi connectivity index (χ2n) is 5.93. The molecule has 1 aliphatic rings. The minimum absolute atomic E-state index is 0.321. The van der Waals surface area contributed by atoms with E-state index in [1.165, 1.54) is 38.3 Å². The third-order valence-electron chi connectivity index (χ3n) is 4.71. The second kappa shape index (κ2) is 6.39. The quantitative estimate of drug-likeness (QED) is 0.899. The van der Waals surface area contributed by atoms with Crippen molar-refractivity contribution in [2.75, 3.05) is 7.05 Å². The van der Waals surface area contributed by atoms with Crippen LogP contribution >= 0.6 is 0 Å². The van der Waals surface area contributed by atoms with Crippen LogP contribution in [0.5, 0.6) is 0 Å². The Kier molecular flexibility index (Phi) is 4.81. The Hall–Kier alpha value is -1.36. The first-order chi connectivity index (χ1) is 9.52. The van der Waals surface area contributed by atoms with E-state index < -0.39 is 5.97 Å². The molecule has 1 aromatic rings. The zero-order valence-electron chi connectivity index (χ0n) is 12.7. The molecule has 0 aliphatic heterocycles. The van der Waals surface area contributed by atoms with Crippen molar-refractivity contribution in [3.8, 4) is 0 Å². The number of carbonyl (C=O) groups is 1. The highest BCUT2D eigenvalue weighted by molar-refractivity contribution is 5.88. The molecule has 0 aromatic carbocycles. The fourth-order valence-electron chi connectivity index (χ4n) is 3.19. The van der Waals surface area contributed by atoms with Crippen LogP contribution in [0, 0.1) is 5.92 Å². The molecule has 0 radical (unpaired) electrons. The number of carboxylic acid groups (broad SMARTS) is 1. The van der Waals surface area contributed by atoms with Gasteiger partial charge in [0.25, 0.3) is 0 Å². The summed E-state index contributed by atoms with van der Waals surface area (Å²) in [6.45, 7) is 2.92. The van der Waals surface area contributed by atoms with Gasteiger partial charge in [-0.15, -0.1) is 0 Å². The van der Waals surface area contributed by atoms with Gasteiger partial charge < -0.3 is 5.11 Å². The summed E-state index contributed by atoms with van der Waals surface area (Å²) in [7, 11) is 3.90. The van der Waals surface area contributed by atoms with Crippen LogP contribution in [-0.2, 0) is 13.6 Å². The van der Waals surface area contributed by atoms with Gasteiger partial charge in [0.15, 0.2) is 0 Å². The maximum atomic E-state index is 11.2. The summed E-state index contributed by atoms with van der Waals surface area (Å²) in [4.78, 5) is 13.5. The topological polar surface area (TPSA) is 58.4 Å². The molecule has 1 aliphatic carbocycles. The van der Waals surface area contributed by atoms with Crippen molar-refractivity contribution in [3.05, 3.63) is 17.5 Å². The van der Waals surface area contributed by atoms with Crippen LogP contribution in [0.15, 0.2) is 6.20 Å². The fourth-order valence-corrected chi connectivity index (χ4v) is 3.19. The Balaban J connectivity index is 2.00. The Morgan fingerprint density at radius 3 is 2.65 bits per heavy atom. The number of hydrogen-bond acceptors (Lipinski definition) is 3. The van der Waals surface area contributed by atoms with Gasteiger partial charge >= 0.3 is 5.97 Å². The molecular weight excluding hydrogens is 254 g/mol. The van der Waals surface area contributed by atoms with E-state index in [0.29, 0.717) is 18.2 Å². The molecule has 2 rings (SSSR count). The minimum atomic E-state index is -0.892. The summed E-state index contributed by atoms with van der Waals surface area (Å²) in [5.74, 6) is -0.0119. The predicted octanol–water partition coefficient (Wildman–Crippen LogP) is 2.52. The number of hydrogen-bond donors (Lipinski definition) is 1. The summed E-state index contributed by atoms with van der Waals surface area (Å²) in [5.41, 5.74) is 1.11. The van der Waals surface area contributed by atoms with Crippen molar-refractivity contribution in [2.45, 2.75) is 51.6 Å². The van der Waals surface area contributed by atoms with Gasteiger partial charge in [-0.2, -0.15) is 5.10 Å². The highest BCUT2D eigenvalue weighted by atomic mass is 16.4. The number of aryl methyl sites for hydroxylation is 1. The van der Waals surface area contributed by atoms with Crippen molar-refractivity contribution in [3.63, 3.8) is 0 Å². The van der Waals surface area contributed by atoms with E-state index in [-0.39, 0.29) is 0 Å². The van der Waals surface area contributed by atoms with Crippen LogP contribution < -0.4 is 0 Å². The molecule has 1 aromatic heterocycles. The second-order valence-corrected chi connectivity index (χ2v) is 5.93. The summed E-state index contributed by atoms with van der Waals surface area (Å²) in [6, 6.07) is 0.564. The van der Waals surface area contributed by atoms with Crippen molar-refractivity contribution < 1.29 is 9.90 Å². The Bertz CT molecular complexity index is 462. The fraction of sp³-hybridized carbons (Fsp3) is 0.733. The van der Waals surface area contributed by atoms with E-state index in [1.54, 1.807) is 4.68 Å². The van der Waals surface area contributed by atoms with Gasteiger partial charge in [-0.1, -0.05) is 13.3 Å². The minimum Gasteiger partial charge on any atom is -0.478 e. The molecule has 1 N–H and O–H groups in total. The normalized spacial score (nSPS) is 23.2. The van der Waals surface area contributed by atoms with Gasteiger partial charge in [-0.05, 0) is 38.6 Å². The van der Waals surface area contributed by atoms with Gasteiger partial charge in [0.2, 0.25) is 0 Å². The van der Waals surface area contributed by atoms with Crippen LogP contribution in [0.25, 0.3) is 0 Å². The Morgan fingerprint density at radius 1 is 1.45 bits per heavy atom. The van der Waals surface area contributed by atoms with Crippen molar-refractivity contribution >= 4 is 5.97 Å². The van der Waals surface area contributed by atoms with Crippen LogP contribution in [-0.4, -0.2) is 38.8 Å². The lowest BCUT2D eigenvalue weighted by Gasteiger charge is -2.34. The largest absolute Gasteiger partial charge is 0.478 e. The van der Waals surface area contributed by atoms with Crippen molar-refractivity contribution in [1.82, 2.24) is 14.7 Å². The molecule has 0 saturated heterocycles. The van der Waals surface area contributed by atoms with Crippen LogP contribution in [0.2, 0.25) is 0 Å². The molecular formula is C15H25N3O2. The van der Waals surface area contributed by atoms with Gasteiger partial charge in [0.1, 0.15) is 5.56 Å². The third kappa shape index (κ3) is 3.20. The zero-order chi connectivity index (χ0) is 14.7. The molecule has 0 bridgehead atoms. The molecule has 1 fully saturated rings. The standard InChI is InChI=1S/C15H25N3O2/c1-4-11-5-7-12(8-6-11)17(2)10-14-13(15(19)20)9-16-18(14)3/h9,11-12H,4-8,10H2,1-3H3,(H,19,20). The predicted molar refractivity (Wildman–Crippen MR) is 77.7 cm³/mol. The molecule has 0 atom stereocenters. The average molecular weight is 279 g/mol. The van der Waals surface area contributed by atoms with E-state index in [0.717, 1.165) is 11.6 Å². The number of rotatable bonds is 5. The molecule has 1 saturated carbocycles. The maximum absolute atomic E-state index is 11.2. The Morgan fingerprint density at radius 2 is 2.10 bits per heavy atom. The van der Waals surface area contributed by atoms with Crippen molar-refractivity contribution in [1.29, 1.82) is 0 Å². The lowest BCUT2D eigenvalue weighted by Crippen LogP contribution is -2.35. The van der Waals surface area contributed by atoms with Gasteiger partial charge in [0.05, 0.1) is 11.9 Å². The van der Waals surface area contributed by atoms with E-state index in [9.17, 15) is 9.90 Å². The van der Waals surface area contributed by atoms with Gasteiger partial charge in [-0.3, -0.25) is 9.58 Å². The summed E-state index contributed by atoms with van der Waals surface area (Å²) in [6.07, 6.45) is 7.75. The first-order valence-corrected chi connectivity index (χ1v) is 7.47. The third-order valence-corrected chi connectivity index (χ3v) is 4.71. The maximum Gasteiger partial charge on any atom is 0.339 e. The molecule has 20 heavy (non-hydrogen) atoms. The number of aromatic nitrogens is 2. The lowest BCUT2D eigenvalue weighted by molar-refractivity contribution is 0.0693. The average Bonchev–Trinajstić information content (AvgIpc) is 2.80. The first-order valence-electron chi connectivity index (χ1n) is 7.47.